The highest BCUT2D eigenvalue weighted by molar-refractivity contribution is 7.19. The average Bonchev–Trinajstić information content (AvgIpc) is 3.14. The number of aryl methyl sites for hydroxylation is 2. The quantitative estimate of drug-likeness (QED) is 0.476. The Labute approximate surface area is 178 Å². The van der Waals surface area contributed by atoms with E-state index in [0.29, 0.717) is 25.1 Å². The number of benzene rings is 1. The van der Waals surface area contributed by atoms with Crippen molar-refractivity contribution in [1.29, 1.82) is 0 Å². The third kappa shape index (κ3) is 4.59. The monoisotopic (exact) mass is 424 g/mol. The van der Waals surface area contributed by atoms with Crippen molar-refractivity contribution in [2.45, 2.75) is 45.1 Å². The second-order valence-corrected chi connectivity index (χ2v) is 8.50. The van der Waals surface area contributed by atoms with Gasteiger partial charge in [-0.05, 0) is 55.4 Å². The Bertz CT molecular complexity index is 1060. The van der Waals surface area contributed by atoms with Crippen LogP contribution in [0.3, 0.4) is 0 Å². The summed E-state index contributed by atoms with van der Waals surface area (Å²) in [6.07, 6.45) is 6.77. The normalized spacial score (nSPS) is 13.1. The third-order valence-corrected chi connectivity index (χ3v) is 6.48. The molecule has 0 bridgehead atoms. The number of nitrogens with one attached hydrogen (secondary N) is 2. The van der Waals surface area contributed by atoms with Gasteiger partial charge in [0.25, 0.3) is 5.91 Å². The molecule has 0 atom stereocenters. The molecule has 8 heteroatoms. The summed E-state index contributed by atoms with van der Waals surface area (Å²) in [5, 5.41) is 16.0. The number of aromatic nitrogens is 2. The molecule has 0 saturated heterocycles. The number of nitrogens with zero attached hydrogens (tertiary/aromatic N) is 2. The fourth-order valence-electron chi connectivity index (χ4n) is 3.73. The number of carbonyl (C=O) groups is 2. The molecule has 2 aromatic heterocycles. The number of carboxylic acid groups (broad SMARTS) is 1. The van der Waals surface area contributed by atoms with E-state index in [1.807, 2.05) is 12.1 Å². The van der Waals surface area contributed by atoms with Gasteiger partial charge in [-0.15, -0.1) is 11.3 Å². The van der Waals surface area contributed by atoms with Gasteiger partial charge >= 0.3 is 5.97 Å². The van der Waals surface area contributed by atoms with E-state index in [1.54, 1.807) is 29.8 Å². The van der Waals surface area contributed by atoms with Gasteiger partial charge in [0.05, 0.1) is 5.39 Å². The van der Waals surface area contributed by atoms with Gasteiger partial charge in [0, 0.05) is 30.0 Å². The molecular formula is C22H24N4O3S. The molecular weight excluding hydrogens is 400 g/mol. The first-order chi connectivity index (χ1) is 14.6. The maximum Gasteiger partial charge on any atom is 0.303 e. The highest BCUT2D eigenvalue weighted by atomic mass is 32.1. The summed E-state index contributed by atoms with van der Waals surface area (Å²) in [6.45, 7) is 0.959. The van der Waals surface area contributed by atoms with Crippen LogP contribution in [0.5, 0.6) is 0 Å². The number of fused-ring (bicyclic) bond motifs is 3. The van der Waals surface area contributed by atoms with Crippen LogP contribution in [0, 0.1) is 0 Å². The fraction of sp³-hybridized carbons (Fsp3) is 0.364. The van der Waals surface area contributed by atoms with Gasteiger partial charge in [0.2, 0.25) is 0 Å². The lowest BCUT2D eigenvalue weighted by Crippen LogP contribution is -2.24. The second-order valence-electron chi connectivity index (χ2n) is 7.42. The van der Waals surface area contributed by atoms with Crippen LogP contribution < -0.4 is 10.6 Å². The summed E-state index contributed by atoms with van der Waals surface area (Å²) < 4.78 is 0. The van der Waals surface area contributed by atoms with E-state index in [9.17, 15) is 9.59 Å². The number of thiophene rings is 1. The summed E-state index contributed by atoms with van der Waals surface area (Å²) in [5.74, 6) is -0.174. The molecule has 1 aromatic carbocycles. The Kier molecular flexibility index (Phi) is 6.23. The average molecular weight is 425 g/mol. The van der Waals surface area contributed by atoms with E-state index in [2.05, 4.69) is 20.6 Å². The highest BCUT2D eigenvalue weighted by Gasteiger charge is 2.19. The lowest BCUT2D eigenvalue weighted by molar-refractivity contribution is -0.137. The van der Waals surface area contributed by atoms with Crippen molar-refractivity contribution < 1.29 is 14.7 Å². The summed E-state index contributed by atoms with van der Waals surface area (Å²) in [5.41, 5.74) is 3.01. The number of aliphatic carboxylic acids is 1. The Balaban J connectivity index is 1.38. The zero-order chi connectivity index (χ0) is 20.9. The van der Waals surface area contributed by atoms with Crippen LogP contribution in [-0.2, 0) is 24.2 Å². The summed E-state index contributed by atoms with van der Waals surface area (Å²) in [7, 11) is 0. The van der Waals surface area contributed by atoms with Gasteiger partial charge in [-0.25, -0.2) is 9.97 Å². The molecule has 1 aliphatic rings. The Morgan fingerprint density at radius 2 is 1.90 bits per heavy atom. The topological polar surface area (TPSA) is 104 Å². The molecule has 0 radical (unpaired) electrons. The number of carboxylic acids is 1. The number of carbonyl (C=O) groups excluding carboxylic acids is 1. The van der Waals surface area contributed by atoms with E-state index in [4.69, 9.17) is 5.11 Å². The van der Waals surface area contributed by atoms with Gasteiger partial charge in [-0.2, -0.15) is 0 Å². The predicted octanol–water partition coefficient (Wildman–Crippen LogP) is 3.78. The maximum atomic E-state index is 12.1. The molecule has 7 nitrogen and oxygen atoms in total. The molecule has 1 amide bonds. The van der Waals surface area contributed by atoms with Crippen molar-refractivity contribution in [2.75, 3.05) is 11.9 Å². The molecule has 2 heterocycles. The summed E-state index contributed by atoms with van der Waals surface area (Å²) in [6, 6.07) is 7.40. The molecule has 4 rings (SSSR count). The molecule has 0 unspecified atom stereocenters. The van der Waals surface area contributed by atoms with Crippen molar-refractivity contribution in [3.05, 3.63) is 52.2 Å². The molecule has 0 fully saturated rings. The van der Waals surface area contributed by atoms with Crippen molar-refractivity contribution in [1.82, 2.24) is 15.3 Å². The largest absolute Gasteiger partial charge is 0.481 e. The minimum Gasteiger partial charge on any atom is -0.481 e. The number of hydrogen-bond donors (Lipinski definition) is 3. The molecule has 0 spiro atoms. The smallest absolute Gasteiger partial charge is 0.303 e. The van der Waals surface area contributed by atoms with E-state index in [-0.39, 0.29) is 12.3 Å². The van der Waals surface area contributed by atoms with Crippen LogP contribution in [0.25, 0.3) is 10.2 Å². The van der Waals surface area contributed by atoms with E-state index >= 15 is 0 Å². The summed E-state index contributed by atoms with van der Waals surface area (Å²) in [4.78, 5) is 34.1. The Morgan fingerprint density at radius 1 is 1.10 bits per heavy atom. The van der Waals surface area contributed by atoms with Crippen molar-refractivity contribution in [3.63, 3.8) is 0 Å². The van der Waals surface area contributed by atoms with Crippen molar-refractivity contribution >= 4 is 39.2 Å². The Morgan fingerprint density at radius 3 is 2.70 bits per heavy atom. The van der Waals surface area contributed by atoms with Crippen LogP contribution in [0.1, 0.15) is 52.0 Å². The number of anilines is 1. The molecule has 0 aliphatic heterocycles. The molecule has 3 aromatic rings. The van der Waals surface area contributed by atoms with Crippen LogP contribution in [-0.4, -0.2) is 33.5 Å². The van der Waals surface area contributed by atoms with Crippen LogP contribution in [0.2, 0.25) is 0 Å². The third-order valence-electron chi connectivity index (χ3n) is 5.28. The zero-order valence-corrected chi connectivity index (χ0v) is 17.4. The van der Waals surface area contributed by atoms with Crippen LogP contribution in [0.4, 0.5) is 5.82 Å². The van der Waals surface area contributed by atoms with Gasteiger partial charge in [-0.3, -0.25) is 9.59 Å². The predicted molar refractivity (Wildman–Crippen MR) is 117 cm³/mol. The lowest BCUT2D eigenvalue weighted by atomic mass is 9.97. The minimum absolute atomic E-state index is 0.0501. The first-order valence-corrected chi connectivity index (χ1v) is 11.0. The minimum atomic E-state index is -0.856. The first kappa shape index (κ1) is 20.3. The summed E-state index contributed by atoms with van der Waals surface area (Å²) >= 11 is 1.78. The highest BCUT2D eigenvalue weighted by Crippen LogP contribution is 2.38. The number of hydrogen-bond acceptors (Lipinski definition) is 6. The molecule has 1 aliphatic carbocycles. The molecule has 30 heavy (non-hydrogen) atoms. The van der Waals surface area contributed by atoms with Gasteiger partial charge in [0.1, 0.15) is 17.0 Å². The van der Waals surface area contributed by atoms with Crippen molar-refractivity contribution in [2.24, 2.45) is 0 Å². The van der Waals surface area contributed by atoms with Gasteiger partial charge in [-0.1, -0.05) is 12.1 Å². The van der Waals surface area contributed by atoms with Crippen LogP contribution in [0.15, 0.2) is 30.6 Å². The lowest BCUT2D eigenvalue weighted by Gasteiger charge is -2.12. The zero-order valence-electron chi connectivity index (χ0n) is 16.6. The first-order valence-electron chi connectivity index (χ1n) is 10.2. The fourth-order valence-corrected chi connectivity index (χ4v) is 4.96. The molecule has 3 N–H and O–H groups in total. The van der Waals surface area contributed by atoms with Crippen molar-refractivity contribution in [3.8, 4) is 0 Å². The molecule has 0 saturated carbocycles. The SMILES string of the molecule is O=C(O)CCCNC(=O)c1ccc(CNc2ncnc3sc4c(c23)CCCC4)cc1. The number of rotatable bonds is 8. The second kappa shape index (κ2) is 9.21. The standard InChI is InChI=1S/C22H24N4O3S/c27-18(28)6-3-11-23-21(29)15-9-7-14(8-10-15)12-24-20-19-16-4-1-2-5-17(16)30-22(19)26-13-25-20/h7-10,13H,1-6,11-12H2,(H,23,29)(H,27,28)(H,24,25,26). The maximum absolute atomic E-state index is 12.1. The van der Waals surface area contributed by atoms with E-state index < -0.39 is 5.97 Å². The Hall–Kier alpha value is -3.00. The van der Waals surface area contributed by atoms with E-state index in [0.717, 1.165) is 34.4 Å². The number of amides is 1. The molecule has 156 valence electrons. The van der Waals surface area contributed by atoms with E-state index in [1.165, 1.54) is 23.3 Å². The van der Waals surface area contributed by atoms with Crippen LogP contribution >= 0.6 is 11.3 Å². The van der Waals surface area contributed by atoms with Gasteiger partial charge in [0.15, 0.2) is 0 Å². The van der Waals surface area contributed by atoms with Gasteiger partial charge < -0.3 is 15.7 Å².